The van der Waals surface area contributed by atoms with E-state index >= 15 is 0 Å². The maximum atomic E-state index is 11.9. The van der Waals surface area contributed by atoms with Gasteiger partial charge in [-0.05, 0) is 57.0 Å². The van der Waals surface area contributed by atoms with Crippen LogP contribution in [0.5, 0.6) is 0 Å². The monoisotopic (exact) mass is 285 g/mol. The molecule has 1 fully saturated rings. The minimum absolute atomic E-state index is 0.102. The zero-order chi connectivity index (χ0) is 15.1. The van der Waals surface area contributed by atoms with E-state index in [2.05, 4.69) is 23.2 Å². The van der Waals surface area contributed by atoms with Crippen molar-refractivity contribution in [3.63, 3.8) is 0 Å². The number of rotatable bonds is 6. The molecule has 1 atom stereocenters. The third kappa shape index (κ3) is 4.87. The lowest BCUT2D eigenvalue weighted by atomic mass is 10.1. The standard InChI is InChI=1S/C17H23N3O/c1-14(20-10-2-3-11-20)4-9-17(21)19-13-16-7-5-15(12-18)6-8-16/h5-8,14H,2-4,9-11,13H2,1H3,(H,19,21)/t14-/m1/s1. The summed E-state index contributed by atoms with van der Waals surface area (Å²) in [6, 6.07) is 9.89. The van der Waals surface area contributed by atoms with Crippen LogP contribution in [0, 0.1) is 11.3 Å². The molecule has 1 N–H and O–H groups in total. The molecule has 1 aromatic carbocycles. The quantitative estimate of drug-likeness (QED) is 0.873. The number of nitrogens with zero attached hydrogens (tertiary/aromatic N) is 2. The van der Waals surface area contributed by atoms with Crippen molar-refractivity contribution < 1.29 is 4.79 Å². The van der Waals surface area contributed by atoms with Crippen molar-refractivity contribution in [3.05, 3.63) is 35.4 Å². The van der Waals surface area contributed by atoms with Crippen LogP contribution in [-0.4, -0.2) is 29.9 Å². The Kier molecular flexibility index (Phi) is 5.77. The van der Waals surface area contributed by atoms with Gasteiger partial charge >= 0.3 is 0 Å². The largest absolute Gasteiger partial charge is 0.352 e. The summed E-state index contributed by atoms with van der Waals surface area (Å²) in [5.41, 5.74) is 1.67. The van der Waals surface area contributed by atoms with E-state index in [1.807, 2.05) is 12.1 Å². The number of nitriles is 1. The lowest BCUT2D eigenvalue weighted by Crippen LogP contribution is -2.32. The van der Waals surface area contributed by atoms with E-state index in [1.165, 1.54) is 25.9 Å². The molecule has 1 aliphatic rings. The first-order valence-electron chi connectivity index (χ1n) is 7.69. The summed E-state index contributed by atoms with van der Waals surface area (Å²) in [5.74, 6) is 0.102. The number of hydrogen-bond acceptors (Lipinski definition) is 3. The number of carbonyl (C=O) groups excluding carboxylic acids is 1. The summed E-state index contributed by atoms with van der Waals surface area (Å²) in [6.07, 6.45) is 4.07. The topological polar surface area (TPSA) is 56.1 Å². The van der Waals surface area contributed by atoms with Crippen molar-refractivity contribution in [1.82, 2.24) is 10.2 Å². The average Bonchev–Trinajstić information content (AvgIpc) is 3.05. The Morgan fingerprint density at radius 2 is 2.00 bits per heavy atom. The Morgan fingerprint density at radius 3 is 2.62 bits per heavy atom. The smallest absolute Gasteiger partial charge is 0.220 e. The SMILES string of the molecule is C[C@H](CCC(=O)NCc1ccc(C#N)cc1)N1CCCC1. The van der Waals surface area contributed by atoms with Crippen LogP contribution in [0.3, 0.4) is 0 Å². The molecular formula is C17H23N3O. The van der Waals surface area contributed by atoms with E-state index in [9.17, 15) is 4.79 Å². The minimum atomic E-state index is 0.102. The molecule has 112 valence electrons. The van der Waals surface area contributed by atoms with Gasteiger partial charge in [-0.1, -0.05) is 12.1 Å². The highest BCUT2D eigenvalue weighted by atomic mass is 16.1. The molecule has 0 unspecified atom stereocenters. The van der Waals surface area contributed by atoms with Crippen LogP contribution in [0.15, 0.2) is 24.3 Å². The highest BCUT2D eigenvalue weighted by molar-refractivity contribution is 5.75. The molecule has 0 radical (unpaired) electrons. The van der Waals surface area contributed by atoms with Gasteiger partial charge in [0.05, 0.1) is 11.6 Å². The molecule has 1 heterocycles. The molecule has 1 aliphatic heterocycles. The van der Waals surface area contributed by atoms with Gasteiger partial charge in [-0.15, -0.1) is 0 Å². The number of benzene rings is 1. The molecule has 4 heteroatoms. The third-order valence-electron chi connectivity index (χ3n) is 4.13. The zero-order valence-corrected chi connectivity index (χ0v) is 12.6. The predicted molar refractivity (Wildman–Crippen MR) is 82.5 cm³/mol. The van der Waals surface area contributed by atoms with Crippen molar-refractivity contribution in [2.24, 2.45) is 0 Å². The van der Waals surface area contributed by atoms with Gasteiger partial charge in [-0.25, -0.2) is 0 Å². The van der Waals surface area contributed by atoms with Crippen LogP contribution in [0.4, 0.5) is 0 Å². The van der Waals surface area contributed by atoms with Crippen LogP contribution in [-0.2, 0) is 11.3 Å². The molecule has 1 aromatic rings. The first-order chi connectivity index (χ1) is 10.2. The van der Waals surface area contributed by atoms with Crippen molar-refractivity contribution >= 4 is 5.91 Å². The molecule has 0 aromatic heterocycles. The van der Waals surface area contributed by atoms with Gasteiger partial charge in [0.25, 0.3) is 0 Å². The summed E-state index contributed by atoms with van der Waals surface area (Å²) in [7, 11) is 0. The van der Waals surface area contributed by atoms with E-state index < -0.39 is 0 Å². The van der Waals surface area contributed by atoms with Gasteiger partial charge in [0, 0.05) is 19.0 Å². The Morgan fingerprint density at radius 1 is 1.33 bits per heavy atom. The van der Waals surface area contributed by atoms with Gasteiger partial charge in [-0.3, -0.25) is 4.79 Å². The number of carbonyl (C=O) groups is 1. The van der Waals surface area contributed by atoms with Crippen LogP contribution in [0.25, 0.3) is 0 Å². The van der Waals surface area contributed by atoms with Crippen molar-refractivity contribution in [2.45, 2.75) is 45.2 Å². The average molecular weight is 285 g/mol. The van der Waals surface area contributed by atoms with Gasteiger partial charge < -0.3 is 10.2 Å². The molecule has 1 amide bonds. The van der Waals surface area contributed by atoms with Crippen LogP contribution >= 0.6 is 0 Å². The Bertz CT molecular complexity index is 498. The molecule has 0 saturated carbocycles. The van der Waals surface area contributed by atoms with E-state index in [1.54, 1.807) is 12.1 Å². The van der Waals surface area contributed by atoms with Gasteiger partial charge in [0.1, 0.15) is 0 Å². The van der Waals surface area contributed by atoms with Crippen LogP contribution < -0.4 is 5.32 Å². The maximum absolute atomic E-state index is 11.9. The summed E-state index contributed by atoms with van der Waals surface area (Å²) < 4.78 is 0. The molecule has 1 saturated heterocycles. The highest BCUT2D eigenvalue weighted by Crippen LogP contribution is 2.14. The lowest BCUT2D eigenvalue weighted by Gasteiger charge is -2.23. The Hall–Kier alpha value is -1.86. The second kappa shape index (κ2) is 7.80. The lowest BCUT2D eigenvalue weighted by molar-refractivity contribution is -0.121. The summed E-state index contributed by atoms with van der Waals surface area (Å²) in [4.78, 5) is 14.3. The van der Waals surface area contributed by atoms with E-state index in [0.717, 1.165) is 12.0 Å². The normalized spacial score (nSPS) is 16.4. The van der Waals surface area contributed by atoms with Crippen molar-refractivity contribution in [2.75, 3.05) is 13.1 Å². The molecule has 0 aliphatic carbocycles. The number of nitrogens with one attached hydrogen (secondary N) is 1. The number of hydrogen-bond donors (Lipinski definition) is 1. The number of amides is 1. The van der Waals surface area contributed by atoms with E-state index in [0.29, 0.717) is 24.6 Å². The zero-order valence-electron chi connectivity index (χ0n) is 12.6. The summed E-state index contributed by atoms with van der Waals surface area (Å²) in [6.45, 7) is 5.09. The molecular weight excluding hydrogens is 262 g/mol. The van der Waals surface area contributed by atoms with Gasteiger partial charge in [0.15, 0.2) is 0 Å². The fourth-order valence-electron chi connectivity index (χ4n) is 2.69. The van der Waals surface area contributed by atoms with Crippen LogP contribution in [0.1, 0.15) is 43.7 Å². The fourth-order valence-corrected chi connectivity index (χ4v) is 2.69. The molecule has 21 heavy (non-hydrogen) atoms. The van der Waals surface area contributed by atoms with E-state index in [-0.39, 0.29) is 5.91 Å². The van der Waals surface area contributed by atoms with Crippen LogP contribution in [0.2, 0.25) is 0 Å². The molecule has 0 spiro atoms. The van der Waals surface area contributed by atoms with E-state index in [4.69, 9.17) is 5.26 Å². The second-order valence-corrected chi connectivity index (χ2v) is 5.72. The third-order valence-corrected chi connectivity index (χ3v) is 4.13. The van der Waals surface area contributed by atoms with Crippen molar-refractivity contribution in [3.8, 4) is 6.07 Å². The fraction of sp³-hybridized carbons (Fsp3) is 0.529. The first-order valence-corrected chi connectivity index (χ1v) is 7.69. The molecule has 0 bridgehead atoms. The van der Waals surface area contributed by atoms with Crippen molar-refractivity contribution in [1.29, 1.82) is 5.26 Å². The van der Waals surface area contributed by atoms with Gasteiger partial charge in [-0.2, -0.15) is 5.26 Å². The molecule has 2 rings (SSSR count). The minimum Gasteiger partial charge on any atom is -0.352 e. The second-order valence-electron chi connectivity index (χ2n) is 5.72. The first kappa shape index (κ1) is 15.5. The molecule has 4 nitrogen and oxygen atoms in total. The highest BCUT2D eigenvalue weighted by Gasteiger charge is 2.18. The summed E-state index contributed by atoms with van der Waals surface area (Å²) in [5, 5.41) is 11.7. The predicted octanol–water partition coefficient (Wildman–Crippen LogP) is 2.44. The van der Waals surface area contributed by atoms with Gasteiger partial charge in [0.2, 0.25) is 5.91 Å². The summed E-state index contributed by atoms with van der Waals surface area (Å²) >= 11 is 0. The Balaban J connectivity index is 1.68. The maximum Gasteiger partial charge on any atom is 0.220 e. The number of likely N-dealkylation sites (tertiary alicyclic amines) is 1. The Labute approximate surface area is 126 Å².